The second-order valence-corrected chi connectivity index (χ2v) is 1.68. The van der Waals surface area contributed by atoms with Gasteiger partial charge in [0.2, 0.25) is 0 Å². The Morgan fingerprint density at radius 1 is 1.50 bits per heavy atom. The van der Waals surface area contributed by atoms with E-state index in [2.05, 4.69) is 4.74 Å². The Morgan fingerprint density at radius 3 is 1.88 bits per heavy atom. The van der Waals surface area contributed by atoms with Gasteiger partial charge in [0.15, 0.2) is 0 Å². The minimum absolute atomic E-state index is 0. The maximum absolute atomic E-state index is 10.3. The molecule has 0 aromatic heterocycles. The number of carbonyl (C=O) groups is 1. The van der Waals surface area contributed by atoms with Gasteiger partial charge in [-0.2, -0.15) is 0 Å². The summed E-state index contributed by atoms with van der Waals surface area (Å²) < 4.78 is 4.37. The Hall–Kier alpha value is 0.184. The van der Waals surface area contributed by atoms with Crippen LogP contribution in [0.15, 0.2) is 0 Å². The maximum atomic E-state index is 10.3. The van der Waals surface area contributed by atoms with Crippen LogP contribution in [-0.2, 0) is 31.2 Å². The molecule has 2 nitrogen and oxygen atoms in total. The minimum atomic E-state index is -0.153. The van der Waals surface area contributed by atoms with E-state index >= 15 is 0 Å². The molecule has 0 saturated carbocycles. The second kappa shape index (κ2) is 5.32. The summed E-state index contributed by atoms with van der Waals surface area (Å²) in [6.45, 7) is 3.59. The Kier molecular flexibility index (Phi) is 7.35. The zero-order valence-corrected chi connectivity index (χ0v) is 6.96. The average Bonchev–Trinajstić information content (AvgIpc) is 1.65. The zero-order chi connectivity index (χ0) is 5.86. The van der Waals surface area contributed by atoms with Gasteiger partial charge in [0.25, 0.3) is 0 Å². The summed E-state index contributed by atoms with van der Waals surface area (Å²) in [6.07, 6.45) is 0. The molecule has 0 unspecified atom stereocenters. The topological polar surface area (TPSA) is 26.3 Å². The van der Waals surface area contributed by atoms with Gasteiger partial charge < -0.3 is 4.74 Å². The SMILES string of the molecule is COC(=O)C(C)C.[Ti]. The third kappa shape index (κ3) is 4.35. The summed E-state index contributed by atoms with van der Waals surface area (Å²) in [5.74, 6) is -0.148. The molecule has 0 atom stereocenters. The third-order valence-electron chi connectivity index (χ3n) is 0.673. The van der Waals surface area contributed by atoms with Crippen molar-refractivity contribution in [3.05, 3.63) is 0 Å². The molecular weight excluding hydrogens is 140 g/mol. The van der Waals surface area contributed by atoms with Crippen LogP contribution < -0.4 is 0 Å². The van der Waals surface area contributed by atoms with Crippen LogP contribution in [0.5, 0.6) is 0 Å². The molecule has 0 radical (unpaired) electrons. The Morgan fingerprint density at radius 2 is 1.88 bits per heavy atom. The van der Waals surface area contributed by atoms with E-state index in [1.165, 1.54) is 7.11 Å². The molecular formula is C5H10O2Ti. The molecule has 0 rings (SSSR count). The fourth-order valence-corrected chi connectivity index (χ4v) is 0.236. The van der Waals surface area contributed by atoms with Crippen LogP contribution in [-0.4, -0.2) is 13.1 Å². The number of carbonyl (C=O) groups excluding carboxylic acids is 1. The molecule has 8 heavy (non-hydrogen) atoms. The number of hydrogen-bond acceptors (Lipinski definition) is 2. The first-order chi connectivity index (χ1) is 3.18. The fraction of sp³-hybridized carbons (Fsp3) is 0.800. The quantitative estimate of drug-likeness (QED) is 0.408. The van der Waals surface area contributed by atoms with Gasteiger partial charge in [-0.1, -0.05) is 13.8 Å². The van der Waals surface area contributed by atoms with Gasteiger partial charge in [0.1, 0.15) is 0 Å². The van der Waals surface area contributed by atoms with E-state index in [9.17, 15) is 4.79 Å². The van der Waals surface area contributed by atoms with Crippen molar-refractivity contribution in [2.75, 3.05) is 7.11 Å². The first-order valence-corrected chi connectivity index (χ1v) is 2.26. The van der Waals surface area contributed by atoms with Crippen LogP contribution in [0.3, 0.4) is 0 Å². The van der Waals surface area contributed by atoms with Gasteiger partial charge in [-0.25, -0.2) is 0 Å². The summed E-state index contributed by atoms with van der Waals surface area (Å²) in [5, 5.41) is 0. The monoisotopic (exact) mass is 150 g/mol. The van der Waals surface area contributed by atoms with E-state index < -0.39 is 0 Å². The number of rotatable bonds is 1. The number of methoxy groups -OCH3 is 1. The normalized spacial score (nSPS) is 8.00. The van der Waals surface area contributed by atoms with Crippen molar-refractivity contribution >= 4 is 5.97 Å². The van der Waals surface area contributed by atoms with Gasteiger partial charge in [-0.15, -0.1) is 0 Å². The van der Waals surface area contributed by atoms with Crippen molar-refractivity contribution in [3.8, 4) is 0 Å². The third-order valence-corrected chi connectivity index (χ3v) is 0.673. The standard InChI is InChI=1S/C5H10O2.Ti/c1-4(2)5(6)7-3;/h4H,1-3H3;. The number of ether oxygens (including phenoxy) is 1. The summed E-state index contributed by atoms with van der Waals surface area (Å²) in [7, 11) is 1.39. The van der Waals surface area contributed by atoms with Crippen molar-refractivity contribution in [1.82, 2.24) is 0 Å². The van der Waals surface area contributed by atoms with E-state index in [-0.39, 0.29) is 33.6 Å². The van der Waals surface area contributed by atoms with E-state index in [0.717, 1.165) is 0 Å². The van der Waals surface area contributed by atoms with Crippen molar-refractivity contribution in [2.45, 2.75) is 13.8 Å². The molecule has 0 aromatic rings. The fourth-order valence-electron chi connectivity index (χ4n) is 0.236. The summed E-state index contributed by atoms with van der Waals surface area (Å²) in [5.41, 5.74) is 0. The summed E-state index contributed by atoms with van der Waals surface area (Å²) in [6, 6.07) is 0. The molecule has 0 fully saturated rings. The average molecular weight is 150 g/mol. The van der Waals surface area contributed by atoms with Crippen LogP contribution in [0.1, 0.15) is 13.8 Å². The first-order valence-electron chi connectivity index (χ1n) is 2.26. The predicted molar refractivity (Wildman–Crippen MR) is 26.9 cm³/mol. The van der Waals surface area contributed by atoms with Gasteiger partial charge in [0.05, 0.1) is 13.0 Å². The second-order valence-electron chi connectivity index (χ2n) is 1.68. The van der Waals surface area contributed by atoms with Crippen LogP contribution in [0.4, 0.5) is 0 Å². The van der Waals surface area contributed by atoms with E-state index in [1.54, 1.807) is 13.8 Å². The summed E-state index contributed by atoms with van der Waals surface area (Å²) in [4.78, 5) is 10.3. The molecule has 0 heterocycles. The summed E-state index contributed by atoms with van der Waals surface area (Å²) >= 11 is 0. The van der Waals surface area contributed by atoms with E-state index in [1.807, 2.05) is 0 Å². The molecule has 0 aliphatic carbocycles. The molecule has 0 aliphatic heterocycles. The molecule has 0 bridgehead atoms. The molecule has 46 valence electrons. The smallest absolute Gasteiger partial charge is 0.308 e. The van der Waals surface area contributed by atoms with Crippen LogP contribution in [0, 0.1) is 5.92 Å². The van der Waals surface area contributed by atoms with Gasteiger partial charge >= 0.3 is 5.97 Å². The largest absolute Gasteiger partial charge is 0.469 e. The molecule has 0 saturated heterocycles. The number of esters is 1. The minimum Gasteiger partial charge on any atom is -0.469 e. The molecule has 0 aliphatic rings. The molecule has 0 aromatic carbocycles. The van der Waals surface area contributed by atoms with Crippen molar-refractivity contribution in [1.29, 1.82) is 0 Å². The molecule has 0 spiro atoms. The Balaban J connectivity index is 0. The number of hydrogen-bond donors (Lipinski definition) is 0. The van der Waals surface area contributed by atoms with Crippen LogP contribution in [0.2, 0.25) is 0 Å². The van der Waals surface area contributed by atoms with Gasteiger partial charge in [0, 0.05) is 21.7 Å². The molecule has 3 heteroatoms. The molecule has 0 amide bonds. The Bertz CT molecular complexity index is 70.8. The molecule has 0 N–H and O–H groups in total. The maximum Gasteiger partial charge on any atom is 0.308 e. The van der Waals surface area contributed by atoms with Crippen LogP contribution >= 0.6 is 0 Å². The van der Waals surface area contributed by atoms with E-state index in [4.69, 9.17) is 0 Å². The zero-order valence-electron chi connectivity index (χ0n) is 5.39. The first kappa shape index (κ1) is 11.0. The van der Waals surface area contributed by atoms with Crippen molar-refractivity contribution in [2.24, 2.45) is 5.92 Å². The van der Waals surface area contributed by atoms with Gasteiger partial charge in [-0.3, -0.25) is 4.79 Å². The van der Waals surface area contributed by atoms with Crippen molar-refractivity contribution in [3.63, 3.8) is 0 Å². The Labute approximate surface area is 64.5 Å². The van der Waals surface area contributed by atoms with E-state index in [0.29, 0.717) is 0 Å². The van der Waals surface area contributed by atoms with Crippen LogP contribution in [0.25, 0.3) is 0 Å². The van der Waals surface area contributed by atoms with Crippen molar-refractivity contribution < 1.29 is 31.2 Å². The van der Waals surface area contributed by atoms with Gasteiger partial charge in [-0.05, 0) is 0 Å². The predicted octanol–water partition coefficient (Wildman–Crippen LogP) is 0.813.